The van der Waals surface area contributed by atoms with Gasteiger partial charge in [0.25, 0.3) is 0 Å². The van der Waals surface area contributed by atoms with Gasteiger partial charge < -0.3 is 10.2 Å². The van der Waals surface area contributed by atoms with Gasteiger partial charge in [0.05, 0.1) is 11.9 Å². The number of hydrogen-bond acceptors (Lipinski definition) is 4. The Kier molecular flexibility index (Phi) is 9.93. The summed E-state index contributed by atoms with van der Waals surface area (Å²) >= 11 is 0. The van der Waals surface area contributed by atoms with Crippen LogP contribution in [-0.2, 0) is 26.2 Å². The van der Waals surface area contributed by atoms with Crippen molar-refractivity contribution in [3.63, 3.8) is 0 Å². The largest absolute Gasteiger partial charge is 0.352 e. The van der Waals surface area contributed by atoms with Gasteiger partial charge in [-0.3, -0.25) is 13.9 Å². The zero-order valence-corrected chi connectivity index (χ0v) is 22.5. The van der Waals surface area contributed by atoms with E-state index in [0.29, 0.717) is 18.7 Å². The standard InChI is InChI=1S/C28H39N3O4S/c1-22-13-10-11-18-26(22)31(36(3,34)35)20-12-19-27(32)30(21-24-14-6-4-7-15-24)23(2)28(33)29-25-16-8-5-9-17-25/h4,6-7,10-11,13-15,18,23,25H,5,8-9,12,16-17,19-21H2,1-3H3,(H,29,33). The highest BCUT2D eigenvalue weighted by atomic mass is 32.2. The second-order valence-corrected chi connectivity index (χ2v) is 11.7. The van der Waals surface area contributed by atoms with Crippen LogP contribution in [0.15, 0.2) is 54.6 Å². The normalized spacial score (nSPS) is 15.2. The number of rotatable bonds is 11. The molecule has 0 spiro atoms. The van der Waals surface area contributed by atoms with E-state index in [2.05, 4.69) is 5.32 Å². The number of para-hydroxylation sites is 1. The van der Waals surface area contributed by atoms with Crippen molar-refractivity contribution >= 4 is 27.5 Å². The minimum Gasteiger partial charge on any atom is -0.352 e. The minimum absolute atomic E-state index is 0.135. The van der Waals surface area contributed by atoms with Gasteiger partial charge in [0.2, 0.25) is 21.8 Å². The van der Waals surface area contributed by atoms with E-state index in [1.54, 1.807) is 24.0 Å². The van der Waals surface area contributed by atoms with Gasteiger partial charge in [0.15, 0.2) is 0 Å². The molecule has 8 heteroatoms. The molecule has 2 amide bonds. The highest BCUT2D eigenvalue weighted by Gasteiger charge is 2.28. The Balaban J connectivity index is 1.70. The van der Waals surface area contributed by atoms with Crippen LogP contribution in [0, 0.1) is 6.92 Å². The van der Waals surface area contributed by atoms with E-state index in [1.807, 2.05) is 49.4 Å². The molecule has 1 fully saturated rings. The van der Waals surface area contributed by atoms with Crippen LogP contribution in [0.4, 0.5) is 5.69 Å². The number of nitrogens with one attached hydrogen (secondary N) is 1. The SMILES string of the molecule is Cc1ccccc1N(CCCC(=O)N(Cc1ccccc1)C(C)C(=O)NC1CCCCC1)S(C)(=O)=O. The first-order chi connectivity index (χ1) is 17.2. The van der Waals surface area contributed by atoms with Crippen molar-refractivity contribution in [2.75, 3.05) is 17.1 Å². The van der Waals surface area contributed by atoms with Gasteiger partial charge in [-0.05, 0) is 50.3 Å². The lowest BCUT2D eigenvalue weighted by atomic mass is 9.95. The summed E-state index contributed by atoms with van der Waals surface area (Å²) in [5.41, 5.74) is 2.42. The first-order valence-electron chi connectivity index (χ1n) is 12.8. The van der Waals surface area contributed by atoms with Crippen LogP contribution < -0.4 is 9.62 Å². The summed E-state index contributed by atoms with van der Waals surface area (Å²) in [5, 5.41) is 3.14. The van der Waals surface area contributed by atoms with Crippen molar-refractivity contribution in [1.82, 2.24) is 10.2 Å². The monoisotopic (exact) mass is 513 g/mol. The van der Waals surface area contributed by atoms with Crippen LogP contribution in [0.3, 0.4) is 0 Å². The summed E-state index contributed by atoms with van der Waals surface area (Å²) in [5.74, 6) is -0.299. The Morgan fingerprint density at radius 3 is 2.28 bits per heavy atom. The fourth-order valence-electron chi connectivity index (χ4n) is 4.76. The van der Waals surface area contributed by atoms with Crippen molar-refractivity contribution in [1.29, 1.82) is 0 Å². The van der Waals surface area contributed by atoms with Crippen LogP contribution in [-0.4, -0.2) is 50.0 Å². The number of sulfonamides is 1. The van der Waals surface area contributed by atoms with E-state index < -0.39 is 16.1 Å². The predicted octanol–water partition coefficient (Wildman–Crippen LogP) is 4.41. The molecule has 0 radical (unpaired) electrons. The molecule has 2 aromatic rings. The predicted molar refractivity (Wildman–Crippen MR) is 144 cm³/mol. The summed E-state index contributed by atoms with van der Waals surface area (Å²) in [6.07, 6.45) is 7.06. The van der Waals surface area contributed by atoms with Gasteiger partial charge >= 0.3 is 0 Å². The molecule has 1 saturated carbocycles. The van der Waals surface area contributed by atoms with E-state index in [-0.39, 0.29) is 30.8 Å². The maximum atomic E-state index is 13.4. The third-order valence-corrected chi connectivity index (χ3v) is 8.03. The molecule has 2 aromatic carbocycles. The summed E-state index contributed by atoms with van der Waals surface area (Å²) in [6.45, 7) is 4.16. The molecule has 1 aliphatic rings. The van der Waals surface area contributed by atoms with E-state index >= 15 is 0 Å². The molecular formula is C28H39N3O4S. The topological polar surface area (TPSA) is 86.8 Å². The van der Waals surface area contributed by atoms with Crippen molar-refractivity contribution < 1.29 is 18.0 Å². The van der Waals surface area contributed by atoms with E-state index in [0.717, 1.165) is 36.8 Å². The molecule has 7 nitrogen and oxygen atoms in total. The number of amides is 2. The number of hydrogen-bond donors (Lipinski definition) is 1. The lowest BCUT2D eigenvalue weighted by Crippen LogP contribution is -2.50. The lowest BCUT2D eigenvalue weighted by Gasteiger charge is -2.31. The molecule has 0 aromatic heterocycles. The number of carbonyl (C=O) groups excluding carboxylic acids is 2. The van der Waals surface area contributed by atoms with Gasteiger partial charge in [0, 0.05) is 25.6 Å². The number of benzene rings is 2. The third kappa shape index (κ3) is 7.82. The fraction of sp³-hybridized carbons (Fsp3) is 0.500. The zero-order chi connectivity index (χ0) is 26.1. The van der Waals surface area contributed by atoms with E-state index in [9.17, 15) is 18.0 Å². The molecule has 0 saturated heterocycles. The summed E-state index contributed by atoms with van der Waals surface area (Å²) in [4.78, 5) is 28.1. The van der Waals surface area contributed by atoms with Crippen LogP contribution in [0.5, 0.6) is 0 Å². The van der Waals surface area contributed by atoms with Gasteiger partial charge in [-0.15, -0.1) is 0 Å². The maximum Gasteiger partial charge on any atom is 0.242 e. The highest BCUT2D eigenvalue weighted by Crippen LogP contribution is 2.23. The smallest absolute Gasteiger partial charge is 0.242 e. The number of aryl methyl sites for hydroxylation is 1. The third-order valence-electron chi connectivity index (χ3n) is 6.85. The van der Waals surface area contributed by atoms with Gasteiger partial charge in [-0.2, -0.15) is 0 Å². The summed E-state index contributed by atoms with van der Waals surface area (Å²) in [6, 6.07) is 16.5. The van der Waals surface area contributed by atoms with E-state index in [4.69, 9.17) is 0 Å². The minimum atomic E-state index is -3.51. The van der Waals surface area contributed by atoms with Crippen LogP contribution >= 0.6 is 0 Å². The Bertz CT molecular complexity index is 1110. The van der Waals surface area contributed by atoms with Crippen LogP contribution in [0.25, 0.3) is 0 Å². The summed E-state index contributed by atoms with van der Waals surface area (Å²) < 4.78 is 26.4. The van der Waals surface area contributed by atoms with Crippen molar-refractivity contribution in [3.8, 4) is 0 Å². The maximum absolute atomic E-state index is 13.4. The summed E-state index contributed by atoms with van der Waals surface area (Å²) in [7, 11) is -3.51. The number of nitrogens with zero attached hydrogens (tertiary/aromatic N) is 2. The number of carbonyl (C=O) groups is 2. The van der Waals surface area contributed by atoms with E-state index in [1.165, 1.54) is 17.0 Å². The zero-order valence-electron chi connectivity index (χ0n) is 21.7. The van der Waals surface area contributed by atoms with Crippen molar-refractivity contribution in [3.05, 3.63) is 65.7 Å². The first-order valence-corrected chi connectivity index (χ1v) is 14.7. The average Bonchev–Trinajstić information content (AvgIpc) is 2.86. The molecule has 0 bridgehead atoms. The Morgan fingerprint density at radius 1 is 1.00 bits per heavy atom. The van der Waals surface area contributed by atoms with Gasteiger partial charge in [-0.25, -0.2) is 8.42 Å². The van der Waals surface area contributed by atoms with Crippen molar-refractivity contribution in [2.45, 2.75) is 77.4 Å². The molecule has 1 aliphatic carbocycles. The van der Waals surface area contributed by atoms with Gasteiger partial charge in [0.1, 0.15) is 6.04 Å². The molecule has 36 heavy (non-hydrogen) atoms. The molecular weight excluding hydrogens is 474 g/mol. The Morgan fingerprint density at radius 2 is 1.64 bits per heavy atom. The molecule has 0 heterocycles. The van der Waals surface area contributed by atoms with Crippen LogP contribution in [0.2, 0.25) is 0 Å². The molecule has 1 atom stereocenters. The second kappa shape index (κ2) is 12.9. The van der Waals surface area contributed by atoms with Crippen molar-refractivity contribution in [2.24, 2.45) is 0 Å². The molecule has 0 aliphatic heterocycles. The quantitative estimate of drug-likeness (QED) is 0.482. The van der Waals surface area contributed by atoms with Gasteiger partial charge in [-0.1, -0.05) is 67.8 Å². The lowest BCUT2D eigenvalue weighted by molar-refractivity contribution is -0.141. The average molecular weight is 514 g/mol. The molecule has 196 valence electrons. The van der Waals surface area contributed by atoms with Crippen LogP contribution in [0.1, 0.15) is 63.0 Å². The highest BCUT2D eigenvalue weighted by molar-refractivity contribution is 7.92. The first kappa shape index (κ1) is 27.7. The molecule has 1 N–H and O–H groups in total. The fourth-order valence-corrected chi connectivity index (χ4v) is 5.78. The molecule has 1 unspecified atom stereocenters. The Hall–Kier alpha value is -2.87. The Labute approximate surface area is 215 Å². The second-order valence-electron chi connectivity index (χ2n) is 9.75. The number of anilines is 1. The molecule has 3 rings (SSSR count).